The molecule has 4 nitrogen and oxygen atoms in total. The third-order valence-electron chi connectivity index (χ3n) is 5.21. The molecule has 4 heteroatoms. The van der Waals surface area contributed by atoms with Crippen LogP contribution in [-0.2, 0) is 9.53 Å². The molecular weight excluding hydrogens is 326 g/mol. The van der Waals surface area contributed by atoms with Crippen LogP contribution in [0, 0.1) is 48.5 Å². The van der Waals surface area contributed by atoms with Gasteiger partial charge in [0.1, 0.15) is 0 Å². The highest BCUT2D eigenvalue weighted by atomic mass is 16.5. The summed E-state index contributed by atoms with van der Waals surface area (Å²) in [4.78, 5) is 24.8. The highest BCUT2D eigenvalue weighted by Crippen LogP contribution is 2.26. The fraction of sp³-hybridized carbons (Fsp3) is 0.364. The van der Waals surface area contributed by atoms with E-state index in [9.17, 15) is 9.59 Å². The lowest BCUT2D eigenvalue weighted by molar-refractivity contribution is -0.119. The Morgan fingerprint density at radius 3 is 1.96 bits per heavy atom. The molecule has 0 aliphatic carbocycles. The molecule has 0 spiro atoms. The van der Waals surface area contributed by atoms with E-state index in [0.717, 1.165) is 39.1 Å². The van der Waals surface area contributed by atoms with E-state index < -0.39 is 5.97 Å². The molecule has 0 bridgehead atoms. The number of carbonyl (C=O) groups excluding carboxylic acids is 2. The van der Waals surface area contributed by atoms with Crippen LogP contribution in [0.4, 0.5) is 5.69 Å². The number of hydrogen-bond donors (Lipinski definition) is 1. The first kappa shape index (κ1) is 19.7. The largest absolute Gasteiger partial charge is 0.452 e. The Morgan fingerprint density at radius 1 is 0.846 bits per heavy atom. The van der Waals surface area contributed by atoms with Crippen LogP contribution in [0.3, 0.4) is 0 Å². The Kier molecular flexibility index (Phi) is 5.86. The number of amides is 1. The summed E-state index contributed by atoms with van der Waals surface area (Å²) in [5.74, 6) is -0.801. The van der Waals surface area contributed by atoms with Crippen molar-refractivity contribution in [1.29, 1.82) is 0 Å². The molecule has 0 unspecified atom stereocenters. The van der Waals surface area contributed by atoms with E-state index in [0.29, 0.717) is 5.56 Å². The lowest BCUT2D eigenvalue weighted by atomic mass is 9.90. The Morgan fingerprint density at radius 2 is 1.38 bits per heavy atom. The summed E-state index contributed by atoms with van der Waals surface area (Å²) in [6.45, 7) is 13.5. The molecular formula is C22H27NO3. The van der Waals surface area contributed by atoms with Crippen LogP contribution < -0.4 is 5.32 Å². The molecule has 138 valence electrons. The Balaban J connectivity index is 2.12. The van der Waals surface area contributed by atoms with Crippen molar-refractivity contribution in [3.05, 3.63) is 62.7 Å². The summed E-state index contributed by atoms with van der Waals surface area (Å²) >= 11 is 0. The Bertz CT molecular complexity index is 852. The smallest absolute Gasteiger partial charge is 0.339 e. The highest BCUT2D eigenvalue weighted by molar-refractivity contribution is 5.97. The van der Waals surface area contributed by atoms with Crippen molar-refractivity contribution in [3.8, 4) is 0 Å². The van der Waals surface area contributed by atoms with Crippen LogP contribution in [0.2, 0.25) is 0 Å². The summed E-state index contributed by atoms with van der Waals surface area (Å²) in [5, 5.41) is 2.80. The van der Waals surface area contributed by atoms with Crippen molar-refractivity contribution in [2.75, 3.05) is 11.9 Å². The first-order chi connectivity index (χ1) is 12.1. The zero-order valence-corrected chi connectivity index (χ0v) is 16.7. The van der Waals surface area contributed by atoms with Crippen LogP contribution in [0.15, 0.2) is 18.2 Å². The predicted octanol–water partition coefficient (Wildman–Crippen LogP) is 4.64. The second-order valence-electron chi connectivity index (χ2n) is 6.94. The average molecular weight is 353 g/mol. The summed E-state index contributed by atoms with van der Waals surface area (Å²) in [6.07, 6.45) is 0. The predicted molar refractivity (Wildman–Crippen MR) is 105 cm³/mol. The van der Waals surface area contributed by atoms with Crippen LogP contribution in [-0.4, -0.2) is 18.5 Å². The molecule has 0 aliphatic rings. The molecule has 2 aromatic carbocycles. The lowest BCUT2D eigenvalue weighted by Gasteiger charge is -2.17. The van der Waals surface area contributed by atoms with Gasteiger partial charge in [0.25, 0.3) is 5.91 Å². The zero-order valence-electron chi connectivity index (χ0n) is 16.7. The third-order valence-corrected chi connectivity index (χ3v) is 5.21. The molecule has 0 aromatic heterocycles. The van der Waals surface area contributed by atoms with Crippen molar-refractivity contribution in [1.82, 2.24) is 0 Å². The third kappa shape index (κ3) is 3.96. The van der Waals surface area contributed by atoms with Crippen LogP contribution in [0.5, 0.6) is 0 Å². The van der Waals surface area contributed by atoms with Gasteiger partial charge in [-0.3, -0.25) is 4.79 Å². The molecule has 0 fully saturated rings. The van der Waals surface area contributed by atoms with Gasteiger partial charge < -0.3 is 10.1 Å². The molecule has 26 heavy (non-hydrogen) atoms. The minimum Gasteiger partial charge on any atom is -0.452 e. The van der Waals surface area contributed by atoms with E-state index in [1.165, 1.54) is 5.56 Å². The second-order valence-corrected chi connectivity index (χ2v) is 6.94. The SMILES string of the molecule is Cc1ccc(C)c(NC(=O)COC(=O)c2c(C)c(C)c(C)c(C)c2C)c1. The van der Waals surface area contributed by atoms with Gasteiger partial charge in [0.15, 0.2) is 6.61 Å². The maximum atomic E-state index is 12.6. The first-order valence-corrected chi connectivity index (χ1v) is 8.74. The normalized spacial score (nSPS) is 10.6. The maximum Gasteiger partial charge on any atom is 0.339 e. The summed E-state index contributed by atoms with van der Waals surface area (Å²) in [5.41, 5.74) is 8.48. The van der Waals surface area contributed by atoms with Gasteiger partial charge in [-0.15, -0.1) is 0 Å². The summed E-state index contributed by atoms with van der Waals surface area (Å²) in [6, 6.07) is 5.83. The number of esters is 1. The second kappa shape index (κ2) is 7.73. The Labute approximate surface area is 155 Å². The molecule has 0 radical (unpaired) electrons. The minimum absolute atomic E-state index is 0.308. The van der Waals surface area contributed by atoms with Gasteiger partial charge in [0.05, 0.1) is 5.56 Å². The minimum atomic E-state index is -0.456. The molecule has 0 heterocycles. The molecule has 2 aromatic rings. The number of carbonyl (C=O) groups is 2. The topological polar surface area (TPSA) is 55.4 Å². The van der Waals surface area contributed by atoms with E-state index in [1.807, 2.05) is 59.7 Å². The van der Waals surface area contributed by atoms with Gasteiger partial charge >= 0.3 is 5.97 Å². The van der Waals surface area contributed by atoms with E-state index in [1.54, 1.807) is 0 Å². The van der Waals surface area contributed by atoms with Crippen molar-refractivity contribution in [3.63, 3.8) is 0 Å². The molecule has 0 aliphatic heterocycles. The number of hydrogen-bond acceptors (Lipinski definition) is 3. The highest BCUT2D eigenvalue weighted by Gasteiger charge is 2.20. The van der Waals surface area contributed by atoms with Crippen molar-refractivity contribution >= 4 is 17.6 Å². The fourth-order valence-corrected chi connectivity index (χ4v) is 3.07. The molecule has 0 atom stereocenters. The van der Waals surface area contributed by atoms with Gasteiger partial charge in [0, 0.05) is 5.69 Å². The van der Waals surface area contributed by atoms with E-state index in [-0.39, 0.29) is 12.5 Å². The number of aryl methyl sites for hydroxylation is 2. The molecule has 2 rings (SSSR count). The summed E-state index contributed by atoms with van der Waals surface area (Å²) < 4.78 is 5.29. The van der Waals surface area contributed by atoms with Gasteiger partial charge in [0.2, 0.25) is 0 Å². The van der Waals surface area contributed by atoms with Gasteiger partial charge in [-0.25, -0.2) is 4.79 Å². The molecule has 1 N–H and O–H groups in total. The number of rotatable bonds is 4. The molecule has 0 saturated carbocycles. The monoisotopic (exact) mass is 353 g/mol. The van der Waals surface area contributed by atoms with Crippen LogP contribution in [0.1, 0.15) is 49.3 Å². The van der Waals surface area contributed by atoms with E-state index in [2.05, 4.69) is 12.2 Å². The zero-order chi connectivity index (χ0) is 19.6. The van der Waals surface area contributed by atoms with Crippen molar-refractivity contribution in [2.45, 2.75) is 48.5 Å². The maximum absolute atomic E-state index is 12.6. The number of benzene rings is 2. The molecule has 0 saturated heterocycles. The quantitative estimate of drug-likeness (QED) is 0.815. The van der Waals surface area contributed by atoms with Gasteiger partial charge in [-0.2, -0.15) is 0 Å². The van der Waals surface area contributed by atoms with E-state index >= 15 is 0 Å². The number of ether oxygens (including phenoxy) is 1. The fourth-order valence-electron chi connectivity index (χ4n) is 3.07. The van der Waals surface area contributed by atoms with E-state index in [4.69, 9.17) is 4.74 Å². The first-order valence-electron chi connectivity index (χ1n) is 8.74. The van der Waals surface area contributed by atoms with Crippen LogP contribution >= 0.6 is 0 Å². The van der Waals surface area contributed by atoms with Gasteiger partial charge in [-0.1, -0.05) is 12.1 Å². The van der Waals surface area contributed by atoms with Gasteiger partial charge in [-0.05, 0) is 93.5 Å². The average Bonchev–Trinajstić information content (AvgIpc) is 2.59. The van der Waals surface area contributed by atoms with Crippen molar-refractivity contribution in [2.24, 2.45) is 0 Å². The Hall–Kier alpha value is -2.62. The molecule has 1 amide bonds. The van der Waals surface area contributed by atoms with Crippen LogP contribution in [0.25, 0.3) is 0 Å². The number of anilines is 1. The lowest BCUT2D eigenvalue weighted by Crippen LogP contribution is -2.22. The van der Waals surface area contributed by atoms with Crippen molar-refractivity contribution < 1.29 is 14.3 Å². The number of nitrogens with one attached hydrogen (secondary N) is 1. The summed E-state index contributed by atoms with van der Waals surface area (Å²) in [7, 11) is 0. The standard InChI is InChI=1S/C22H27NO3/c1-12-8-9-13(2)19(10-12)23-20(24)11-26-22(25)21-17(6)15(4)14(3)16(5)18(21)7/h8-10H,11H2,1-7H3,(H,23,24).